The zero-order valence-electron chi connectivity index (χ0n) is 12.0. The molecule has 1 atom stereocenters. The van der Waals surface area contributed by atoms with E-state index in [-0.39, 0.29) is 6.04 Å². The van der Waals surface area contributed by atoms with Gasteiger partial charge in [-0.15, -0.1) is 0 Å². The Labute approximate surface area is 116 Å². The largest absolute Gasteiger partial charge is 0.325 e. The molecule has 0 aliphatic heterocycles. The number of aliphatic imine (C=N–C) groups is 1. The summed E-state index contributed by atoms with van der Waals surface area (Å²) in [6, 6.07) is 10.2. The molecule has 0 bridgehead atoms. The molecule has 0 radical (unpaired) electrons. The molecule has 0 saturated carbocycles. The minimum Gasteiger partial charge on any atom is -0.325 e. The molecule has 4 nitrogen and oxygen atoms in total. The number of nitrogens with two attached hydrogens (primary N) is 1. The Morgan fingerprint density at radius 3 is 2.58 bits per heavy atom. The Kier molecular flexibility index (Phi) is 7.66. The number of nitrogens with zero attached hydrogens (tertiary/aromatic N) is 1. The number of hydrazine groups is 1. The molecule has 0 heterocycles. The third-order valence-electron chi connectivity index (χ3n) is 3.00. The van der Waals surface area contributed by atoms with Crippen molar-refractivity contribution < 1.29 is 0 Å². The van der Waals surface area contributed by atoms with Gasteiger partial charge in [-0.2, -0.15) is 0 Å². The summed E-state index contributed by atoms with van der Waals surface area (Å²) in [4.78, 5) is 4.56. The van der Waals surface area contributed by atoms with Gasteiger partial charge < -0.3 is 5.32 Å². The molecule has 0 saturated heterocycles. The molecular weight excluding hydrogens is 236 g/mol. The first-order chi connectivity index (χ1) is 9.26. The third kappa shape index (κ3) is 6.82. The van der Waals surface area contributed by atoms with E-state index < -0.39 is 0 Å². The first kappa shape index (κ1) is 15.5. The van der Waals surface area contributed by atoms with Crippen molar-refractivity contribution in [2.75, 3.05) is 5.32 Å². The fourth-order valence-electron chi connectivity index (χ4n) is 1.92. The van der Waals surface area contributed by atoms with Gasteiger partial charge in [0, 0.05) is 5.69 Å². The normalized spacial score (nSPS) is 13.1. The summed E-state index contributed by atoms with van der Waals surface area (Å²) < 4.78 is 0. The molecule has 0 amide bonds. The Balaban J connectivity index is 2.42. The molecule has 0 spiro atoms. The predicted octanol–water partition coefficient (Wildman–Crippen LogP) is 3.28. The first-order valence-corrected chi connectivity index (χ1v) is 7.12. The summed E-state index contributed by atoms with van der Waals surface area (Å²) in [5.41, 5.74) is 3.61. The van der Waals surface area contributed by atoms with Crippen LogP contribution in [0.2, 0.25) is 0 Å². The van der Waals surface area contributed by atoms with Crippen LogP contribution < -0.4 is 16.6 Å². The van der Waals surface area contributed by atoms with Crippen LogP contribution in [0.15, 0.2) is 35.3 Å². The lowest BCUT2D eigenvalue weighted by Crippen LogP contribution is -2.37. The van der Waals surface area contributed by atoms with Crippen LogP contribution in [0, 0.1) is 0 Å². The maximum absolute atomic E-state index is 5.50. The van der Waals surface area contributed by atoms with E-state index in [0.717, 1.165) is 12.1 Å². The zero-order chi connectivity index (χ0) is 13.9. The van der Waals surface area contributed by atoms with Crippen LogP contribution in [0.25, 0.3) is 0 Å². The van der Waals surface area contributed by atoms with Crippen molar-refractivity contribution in [2.24, 2.45) is 10.8 Å². The summed E-state index contributed by atoms with van der Waals surface area (Å²) in [5, 5.41) is 3.18. The number of para-hydroxylation sites is 1. The van der Waals surface area contributed by atoms with E-state index in [4.69, 9.17) is 5.84 Å². The lowest BCUT2D eigenvalue weighted by molar-refractivity contribution is 0.575. The minimum absolute atomic E-state index is 0.277. The van der Waals surface area contributed by atoms with Crippen molar-refractivity contribution in [1.82, 2.24) is 5.43 Å². The Bertz CT molecular complexity index is 362. The number of benzene rings is 1. The fraction of sp³-hybridized carbons (Fsp3) is 0.533. The molecule has 106 valence electrons. The van der Waals surface area contributed by atoms with Crippen LogP contribution in [0.3, 0.4) is 0 Å². The van der Waals surface area contributed by atoms with Crippen molar-refractivity contribution >= 4 is 11.6 Å². The van der Waals surface area contributed by atoms with Crippen molar-refractivity contribution in [3.8, 4) is 0 Å². The second-order valence-electron chi connectivity index (χ2n) is 4.81. The predicted molar refractivity (Wildman–Crippen MR) is 83.0 cm³/mol. The highest BCUT2D eigenvalue weighted by Gasteiger charge is 2.03. The highest BCUT2D eigenvalue weighted by molar-refractivity contribution is 5.93. The summed E-state index contributed by atoms with van der Waals surface area (Å²) >= 11 is 0. The highest BCUT2D eigenvalue weighted by atomic mass is 15.3. The average molecular weight is 262 g/mol. The number of hydrogen-bond acceptors (Lipinski definition) is 2. The Morgan fingerprint density at radius 1 is 1.21 bits per heavy atom. The van der Waals surface area contributed by atoms with Gasteiger partial charge in [-0.05, 0) is 25.5 Å². The summed E-state index contributed by atoms with van der Waals surface area (Å²) in [6.45, 7) is 4.35. The van der Waals surface area contributed by atoms with Crippen molar-refractivity contribution in [3.05, 3.63) is 30.3 Å². The quantitative estimate of drug-likeness (QED) is 0.232. The fourth-order valence-corrected chi connectivity index (χ4v) is 1.92. The molecule has 0 aliphatic carbocycles. The van der Waals surface area contributed by atoms with E-state index in [1.807, 2.05) is 30.3 Å². The molecule has 0 aromatic heterocycles. The molecule has 1 unspecified atom stereocenters. The smallest absolute Gasteiger partial charge is 0.210 e. The van der Waals surface area contributed by atoms with Gasteiger partial charge in [-0.3, -0.25) is 5.43 Å². The number of guanidine groups is 1. The number of nitrogens with one attached hydrogen (secondary N) is 2. The monoisotopic (exact) mass is 262 g/mol. The maximum Gasteiger partial charge on any atom is 0.210 e. The van der Waals surface area contributed by atoms with Gasteiger partial charge in [0.05, 0.1) is 6.04 Å². The van der Waals surface area contributed by atoms with E-state index in [1.165, 1.54) is 25.7 Å². The van der Waals surface area contributed by atoms with E-state index in [9.17, 15) is 0 Å². The first-order valence-electron chi connectivity index (χ1n) is 7.12. The standard InChI is InChI=1S/C15H26N4/c1-3-4-5-7-10-13(2)17-15(19-16)18-14-11-8-6-9-12-14/h6,8-9,11-13H,3-5,7,10,16H2,1-2H3,(H2,17,18,19). The van der Waals surface area contributed by atoms with E-state index in [1.54, 1.807) is 0 Å². The van der Waals surface area contributed by atoms with Crippen LogP contribution in [0.4, 0.5) is 5.69 Å². The Morgan fingerprint density at radius 2 is 1.95 bits per heavy atom. The lowest BCUT2D eigenvalue weighted by Gasteiger charge is -2.12. The molecule has 4 N–H and O–H groups in total. The van der Waals surface area contributed by atoms with Crippen LogP contribution in [0.5, 0.6) is 0 Å². The van der Waals surface area contributed by atoms with Gasteiger partial charge >= 0.3 is 0 Å². The molecule has 0 fully saturated rings. The van der Waals surface area contributed by atoms with E-state index in [2.05, 4.69) is 29.6 Å². The SMILES string of the molecule is CCCCCCC(C)N=C(NN)Nc1ccccc1. The summed E-state index contributed by atoms with van der Waals surface area (Å²) in [6.07, 6.45) is 6.18. The molecule has 1 rings (SSSR count). The van der Waals surface area contributed by atoms with Gasteiger partial charge in [-0.1, -0.05) is 50.8 Å². The number of unbranched alkanes of at least 4 members (excludes halogenated alkanes) is 3. The van der Waals surface area contributed by atoms with E-state index >= 15 is 0 Å². The highest BCUT2D eigenvalue weighted by Crippen LogP contribution is 2.09. The molecule has 1 aromatic carbocycles. The lowest BCUT2D eigenvalue weighted by atomic mass is 10.1. The van der Waals surface area contributed by atoms with Crippen LogP contribution in [-0.2, 0) is 0 Å². The van der Waals surface area contributed by atoms with Crippen molar-refractivity contribution in [2.45, 2.75) is 52.0 Å². The van der Waals surface area contributed by atoms with Crippen LogP contribution >= 0.6 is 0 Å². The third-order valence-corrected chi connectivity index (χ3v) is 3.00. The molecular formula is C15H26N4. The number of rotatable bonds is 7. The van der Waals surface area contributed by atoms with Gasteiger partial charge in [-0.25, -0.2) is 10.8 Å². The van der Waals surface area contributed by atoms with Gasteiger partial charge in [0.2, 0.25) is 5.96 Å². The number of hydrogen-bond donors (Lipinski definition) is 3. The Hall–Kier alpha value is -1.55. The number of anilines is 1. The summed E-state index contributed by atoms with van der Waals surface area (Å²) in [7, 11) is 0. The second kappa shape index (κ2) is 9.39. The van der Waals surface area contributed by atoms with Gasteiger partial charge in [0.1, 0.15) is 0 Å². The van der Waals surface area contributed by atoms with Crippen LogP contribution in [-0.4, -0.2) is 12.0 Å². The second-order valence-corrected chi connectivity index (χ2v) is 4.81. The molecule has 1 aromatic rings. The van der Waals surface area contributed by atoms with Crippen molar-refractivity contribution in [3.63, 3.8) is 0 Å². The molecule has 0 aliphatic rings. The van der Waals surface area contributed by atoms with E-state index in [0.29, 0.717) is 5.96 Å². The minimum atomic E-state index is 0.277. The molecule has 19 heavy (non-hydrogen) atoms. The topological polar surface area (TPSA) is 62.4 Å². The molecule has 4 heteroatoms. The zero-order valence-corrected chi connectivity index (χ0v) is 12.0. The van der Waals surface area contributed by atoms with Gasteiger partial charge in [0.15, 0.2) is 0 Å². The average Bonchev–Trinajstić information content (AvgIpc) is 2.44. The van der Waals surface area contributed by atoms with Gasteiger partial charge in [0.25, 0.3) is 0 Å². The van der Waals surface area contributed by atoms with Crippen molar-refractivity contribution in [1.29, 1.82) is 0 Å². The van der Waals surface area contributed by atoms with Crippen LogP contribution in [0.1, 0.15) is 46.0 Å². The summed E-state index contributed by atoms with van der Waals surface area (Å²) in [5.74, 6) is 6.12. The maximum atomic E-state index is 5.50.